The van der Waals surface area contributed by atoms with Crippen LogP contribution in [0.5, 0.6) is 0 Å². The predicted molar refractivity (Wildman–Crippen MR) is 60.6 cm³/mol. The topological polar surface area (TPSA) is 66.1 Å². The summed E-state index contributed by atoms with van der Waals surface area (Å²) in [5.41, 5.74) is -1.09. The van der Waals surface area contributed by atoms with Crippen LogP contribution in [0.2, 0.25) is 0 Å². The van der Waals surface area contributed by atoms with Gasteiger partial charge in [-0.25, -0.2) is 9.19 Å². The molecule has 0 fully saturated rings. The Bertz CT molecular complexity index is 580. The summed E-state index contributed by atoms with van der Waals surface area (Å²) in [7, 11) is -2.99. The molecule has 17 heavy (non-hydrogen) atoms. The van der Waals surface area contributed by atoms with Crippen molar-refractivity contribution in [1.29, 1.82) is 5.26 Å². The Morgan fingerprint density at radius 1 is 1.65 bits per heavy atom. The highest BCUT2D eigenvalue weighted by molar-refractivity contribution is 9.11. The average Bonchev–Trinajstić information content (AvgIpc) is 2.44. The van der Waals surface area contributed by atoms with Crippen LogP contribution in [0, 0.1) is 11.5 Å². The minimum Gasteiger partial charge on any atom is -0.249 e. The molecule has 0 saturated heterocycles. The molecule has 94 valence electrons. The second-order valence-electron chi connectivity index (χ2n) is 3.03. The van der Waals surface area contributed by atoms with Gasteiger partial charge in [0, 0.05) is 6.26 Å². The summed E-state index contributed by atoms with van der Waals surface area (Å²) in [6, 6.07) is 0. The fraction of sp³-hybridized carbons (Fsp3) is 0.429. The SMILES string of the molecule is CS(=O)(Cc1sc(Br)nc1C(F)(F)F)=NC#N. The van der Waals surface area contributed by atoms with E-state index < -0.39 is 27.4 Å². The number of aromatic nitrogens is 1. The first-order valence-corrected chi connectivity index (χ1v) is 7.66. The van der Waals surface area contributed by atoms with Crippen molar-refractivity contribution in [1.82, 2.24) is 4.98 Å². The lowest BCUT2D eigenvalue weighted by Gasteiger charge is -2.06. The summed E-state index contributed by atoms with van der Waals surface area (Å²) in [6.07, 6.45) is -2.15. The van der Waals surface area contributed by atoms with Gasteiger partial charge in [-0.05, 0) is 15.9 Å². The molecule has 0 radical (unpaired) electrons. The van der Waals surface area contributed by atoms with E-state index in [4.69, 9.17) is 5.26 Å². The Balaban J connectivity index is 3.22. The van der Waals surface area contributed by atoms with Crippen LogP contribution in [0.15, 0.2) is 8.28 Å². The fourth-order valence-electron chi connectivity index (χ4n) is 1.00. The van der Waals surface area contributed by atoms with Gasteiger partial charge in [-0.3, -0.25) is 0 Å². The van der Waals surface area contributed by atoms with Gasteiger partial charge in [-0.15, -0.1) is 15.7 Å². The van der Waals surface area contributed by atoms with Gasteiger partial charge in [0.2, 0.25) is 6.19 Å². The maximum absolute atomic E-state index is 12.6. The molecule has 0 aromatic carbocycles. The zero-order valence-corrected chi connectivity index (χ0v) is 11.5. The van der Waals surface area contributed by atoms with Gasteiger partial charge in [0.05, 0.1) is 20.4 Å². The Morgan fingerprint density at radius 3 is 2.71 bits per heavy atom. The third-order valence-electron chi connectivity index (χ3n) is 1.57. The fourth-order valence-corrected chi connectivity index (χ4v) is 4.12. The van der Waals surface area contributed by atoms with Crippen LogP contribution in [-0.4, -0.2) is 15.4 Å². The number of alkyl halides is 3. The first-order chi connectivity index (χ1) is 7.65. The summed E-state index contributed by atoms with van der Waals surface area (Å²) in [5, 5.41) is 8.27. The molecular weight excluding hydrogens is 343 g/mol. The van der Waals surface area contributed by atoms with Gasteiger partial charge in [-0.2, -0.15) is 18.4 Å². The molecular formula is C7H5BrF3N3OS2. The minimum atomic E-state index is -4.61. The molecule has 0 N–H and O–H groups in total. The van der Waals surface area contributed by atoms with Crippen molar-refractivity contribution in [2.45, 2.75) is 11.9 Å². The first kappa shape index (κ1) is 14.4. The lowest BCUT2D eigenvalue weighted by molar-refractivity contribution is -0.141. The second-order valence-corrected chi connectivity index (χ2v) is 7.78. The quantitative estimate of drug-likeness (QED) is 0.772. The standard InChI is InChI=1S/C7H5BrF3N3OS2/c1-17(15,13-3-12)2-4-5(7(9,10)11)14-6(8)16-4/h2H2,1H3. The molecule has 0 saturated carbocycles. The number of hydrogen-bond acceptors (Lipinski definition) is 5. The van der Waals surface area contributed by atoms with Crippen molar-refractivity contribution in [3.8, 4) is 6.19 Å². The van der Waals surface area contributed by atoms with Crippen molar-refractivity contribution >= 4 is 37.0 Å². The molecule has 1 rings (SSSR count). The van der Waals surface area contributed by atoms with Crippen molar-refractivity contribution in [3.05, 3.63) is 14.5 Å². The number of thiazole rings is 1. The number of nitriles is 1. The molecule has 0 aliphatic carbocycles. The molecule has 0 bridgehead atoms. The van der Waals surface area contributed by atoms with E-state index in [-0.39, 0.29) is 8.79 Å². The highest BCUT2D eigenvalue weighted by Gasteiger charge is 2.37. The molecule has 4 nitrogen and oxygen atoms in total. The highest BCUT2D eigenvalue weighted by atomic mass is 79.9. The van der Waals surface area contributed by atoms with Crippen molar-refractivity contribution in [3.63, 3.8) is 0 Å². The van der Waals surface area contributed by atoms with Crippen LogP contribution in [0.1, 0.15) is 10.6 Å². The molecule has 1 aromatic rings. The van der Waals surface area contributed by atoms with Crippen LogP contribution in [0.4, 0.5) is 13.2 Å². The lowest BCUT2D eigenvalue weighted by Crippen LogP contribution is -2.11. The molecule has 1 atom stereocenters. The second kappa shape index (κ2) is 4.91. The largest absolute Gasteiger partial charge is 0.434 e. The van der Waals surface area contributed by atoms with Gasteiger partial charge in [-0.1, -0.05) is 0 Å². The number of halogens is 4. The average molecular weight is 348 g/mol. The van der Waals surface area contributed by atoms with E-state index in [0.717, 1.165) is 17.6 Å². The summed E-state index contributed by atoms with van der Waals surface area (Å²) >= 11 is 3.57. The van der Waals surface area contributed by atoms with E-state index in [2.05, 4.69) is 25.3 Å². The maximum Gasteiger partial charge on any atom is 0.434 e. The zero-order valence-electron chi connectivity index (χ0n) is 8.29. The van der Waals surface area contributed by atoms with Crippen LogP contribution >= 0.6 is 27.3 Å². The predicted octanol–water partition coefficient (Wildman–Crippen LogP) is 3.00. The van der Waals surface area contributed by atoms with Gasteiger partial charge in [0.1, 0.15) is 0 Å². The molecule has 10 heteroatoms. The molecule has 1 aromatic heterocycles. The third-order valence-corrected chi connectivity index (χ3v) is 4.55. The molecule has 0 aliphatic rings. The van der Waals surface area contributed by atoms with E-state index in [1.807, 2.05) is 0 Å². The van der Waals surface area contributed by atoms with Crippen molar-refractivity contribution in [2.24, 2.45) is 4.36 Å². The zero-order chi connectivity index (χ0) is 13.3. The van der Waals surface area contributed by atoms with E-state index in [0.29, 0.717) is 0 Å². The Hall–Kier alpha value is -0.660. The van der Waals surface area contributed by atoms with Gasteiger partial charge in [0.25, 0.3) is 0 Å². The smallest absolute Gasteiger partial charge is 0.249 e. The number of nitrogens with zero attached hydrogens (tertiary/aromatic N) is 3. The van der Waals surface area contributed by atoms with Crippen LogP contribution in [0.3, 0.4) is 0 Å². The Morgan fingerprint density at radius 2 is 2.24 bits per heavy atom. The van der Waals surface area contributed by atoms with Gasteiger partial charge >= 0.3 is 6.18 Å². The minimum absolute atomic E-state index is 0.0481. The van der Waals surface area contributed by atoms with E-state index >= 15 is 0 Å². The summed E-state index contributed by atoms with van der Waals surface area (Å²) in [6.45, 7) is 0. The number of rotatable bonds is 2. The van der Waals surface area contributed by atoms with Crippen molar-refractivity contribution < 1.29 is 17.4 Å². The molecule has 0 spiro atoms. The van der Waals surface area contributed by atoms with Crippen LogP contribution in [-0.2, 0) is 21.7 Å². The maximum atomic E-state index is 12.6. The van der Waals surface area contributed by atoms with E-state index in [1.165, 1.54) is 6.19 Å². The van der Waals surface area contributed by atoms with E-state index in [9.17, 15) is 17.4 Å². The normalized spacial score (nSPS) is 15.1. The third kappa shape index (κ3) is 3.93. The number of hydrogen-bond donors (Lipinski definition) is 0. The molecule has 1 heterocycles. The Kier molecular flexibility index (Phi) is 4.16. The van der Waals surface area contributed by atoms with Crippen LogP contribution in [0.25, 0.3) is 0 Å². The summed E-state index contributed by atoms with van der Waals surface area (Å²) in [4.78, 5) is 3.09. The van der Waals surface area contributed by atoms with Gasteiger partial charge in [0.15, 0.2) is 9.61 Å². The van der Waals surface area contributed by atoms with Gasteiger partial charge < -0.3 is 0 Å². The molecule has 0 aliphatic heterocycles. The van der Waals surface area contributed by atoms with E-state index in [1.54, 1.807) is 0 Å². The Labute approximate surface area is 108 Å². The lowest BCUT2D eigenvalue weighted by atomic mass is 10.4. The molecule has 0 amide bonds. The monoisotopic (exact) mass is 347 g/mol. The highest BCUT2D eigenvalue weighted by Crippen LogP contribution is 2.36. The molecule has 1 unspecified atom stereocenters. The summed E-state index contributed by atoms with van der Waals surface area (Å²) < 4.78 is 52.5. The summed E-state index contributed by atoms with van der Waals surface area (Å²) in [5.74, 6) is -0.446. The first-order valence-electron chi connectivity index (χ1n) is 3.96. The van der Waals surface area contributed by atoms with Crippen LogP contribution < -0.4 is 0 Å². The van der Waals surface area contributed by atoms with Crippen molar-refractivity contribution in [2.75, 3.05) is 6.26 Å².